The average Bonchev–Trinajstić information content (AvgIpc) is 2.93. The van der Waals surface area contributed by atoms with Crippen LogP contribution in [-0.2, 0) is 17.9 Å². The van der Waals surface area contributed by atoms with Crippen molar-refractivity contribution in [3.63, 3.8) is 0 Å². The van der Waals surface area contributed by atoms with Gasteiger partial charge in [0.25, 0.3) is 5.56 Å². The summed E-state index contributed by atoms with van der Waals surface area (Å²) in [6.07, 6.45) is 1.44. The summed E-state index contributed by atoms with van der Waals surface area (Å²) in [5.41, 5.74) is 3.52. The van der Waals surface area contributed by atoms with Crippen molar-refractivity contribution in [2.24, 2.45) is 5.92 Å². The first-order valence-corrected chi connectivity index (χ1v) is 9.07. The van der Waals surface area contributed by atoms with Gasteiger partial charge in [0.1, 0.15) is 6.54 Å². The number of amides is 1. The molecule has 3 aromatic rings. The average molecular weight is 367 g/mol. The van der Waals surface area contributed by atoms with Gasteiger partial charge < -0.3 is 5.32 Å². The fourth-order valence-corrected chi connectivity index (χ4v) is 3.17. The number of hydrogen-bond donors (Lipinski definition) is 1. The van der Waals surface area contributed by atoms with Gasteiger partial charge in [-0.2, -0.15) is 5.10 Å². The van der Waals surface area contributed by atoms with Gasteiger partial charge in [0.15, 0.2) is 0 Å². The molecule has 7 heteroatoms. The molecule has 1 atom stereocenters. The molecule has 0 saturated carbocycles. The Morgan fingerprint density at radius 1 is 1.26 bits per heavy atom. The van der Waals surface area contributed by atoms with E-state index >= 15 is 0 Å². The Morgan fingerprint density at radius 3 is 2.74 bits per heavy atom. The van der Waals surface area contributed by atoms with Crippen LogP contribution in [0.5, 0.6) is 0 Å². The van der Waals surface area contributed by atoms with E-state index < -0.39 is 0 Å². The number of benzene rings is 1. The molecule has 0 bridgehead atoms. The molecule has 1 unspecified atom stereocenters. The van der Waals surface area contributed by atoms with Crippen LogP contribution in [0.3, 0.4) is 0 Å². The fraction of sp³-hybridized carbons (Fsp3) is 0.400. The molecule has 0 spiro atoms. The van der Waals surface area contributed by atoms with E-state index in [9.17, 15) is 9.59 Å². The van der Waals surface area contributed by atoms with Gasteiger partial charge >= 0.3 is 0 Å². The molecule has 3 rings (SSSR count). The van der Waals surface area contributed by atoms with E-state index in [-0.39, 0.29) is 23.9 Å². The first kappa shape index (κ1) is 18.8. The van der Waals surface area contributed by atoms with Crippen LogP contribution in [0.2, 0.25) is 0 Å². The van der Waals surface area contributed by atoms with Crippen molar-refractivity contribution in [3.05, 3.63) is 57.9 Å². The molecule has 7 nitrogen and oxygen atoms in total. The number of carbonyl (C=O) groups is 1. The van der Waals surface area contributed by atoms with Gasteiger partial charge in [0.2, 0.25) is 5.91 Å². The molecule has 2 aromatic heterocycles. The van der Waals surface area contributed by atoms with E-state index in [2.05, 4.69) is 22.3 Å². The third-order valence-electron chi connectivity index (χ3n) is 4.60. The quantitative estimate of drug-likeness (QED) is 0.722. The summed E-state index contributed by atoms with van der Waals surface area (Å²) >= 11 is 0. The lowest BCUT2D eigenvalue weighted by Crippen LogP contribution is -2.35. The number of para-hydroxylation sites is 1. The normalized spacial score (nSPS) is 12.3. The Labute approximate surface area is 158 Å². The summed E-state index contributed by atoms with van der Waals surface area (Å²) in [5, 5.41) is 7.87. The zero-order chi connectivity index (χ0) is 19.6. The highest BCUT2D eigenvalue weighted by Crippen LogP contribution is 2.11. The maximum Gasteiger partial charge on any atom is 0.261 e. The zero-order valence-corrected chi connectivity index (χ0v) is 16.2. The summed E-state index contributed by atoms with van der Waals surface area (Å²) in [6.45, 7) is 9.17. The minimum Gasteiger partial charge on any atom is -0.354 e. The minimum absolute atomic E-state index is 0.0393. The number of nitrogens with zero attached hydrogens (tertiary/aromatic N) is 4. The van der Waals surface area contributed by atoms with Gasteiger partial charge in [-0.1, -0.05) is 19.1 Å². The maximum atomic E-state index is 12.6. The van der Waals surface area contributed by atoms with Gasteiger partial charge in [-0.25, -0.2) is 4.98 Å². The Hall–Kier alpha value is -2.96. The van der Waals surface area contributed by atoms with Crippen LogP contribution < -0.4 is 10.9 Å². The van der Waals surface area contributed by atoms with Gasteiger partial charge in [0.05, 0.1) is 22.9 Å². The molecule has 1 N–H and O–H groups in total. The largest absolute Gasteiger partial charge is 0.354 e. The SMILES string of the molecule is Cc1cc(C)n(CC(C)CNC(=O)Cn2cnc3c(C)cccc3c2=O)n1. The van der Waals surface area contributed by atoms with Crippen molar-refractivity contribution in [1.29, 1.82) is 0 Å². The Kier molecular flexibility index (Phi) is 5.39. The smallest absolute Gasteiger partial charge is 0.261 e. The lowest BCUT2D eigenvalue weighted by molar-refractivity contribution is -0.121. The summed E-state index contributed by atoms with van der Waals surface area (Å²) in [5.74, 6) is 0.0205. The topological polar surface area (TPSA) is 81.8 Å². The highest BCUT2D eigenvalue weighted by Gasteiger charge is 2.11. The number of aryl methyl sites for hydroxylation is 3. The van der Waals surface area contributed by atoms with Crippen LogP contribution in [0, 0.1) is 26.7 Å². The molecular weight excluding hydrogens is 342 g/mol. The Balaban J connectivity index is 1.61. The molecule has 1 amide bonds. The molecule has 0 fully saturated rings. The van der Waals surface area contributed by atoms with Crippen molar-refractivity contribution >= 4 is 16.8 Å². The van der Waals surface area contributed by atoms with Crippen LogP contribution in [0.15, 0.2) is 35.4 Å². The number of hydrogen-bond acceptors (Lipinski definition) is 4. The Morgan fingerprint density at radius 2 is 2.04 bits per heavy atom. The molecule has 0 aliphatic rings. The second-order valence-electron chi connectivity index (χ2n) is 7.17. The van der Waals surface area contributed by atoms with Gasteiger partial charge in [-0.05, 0) is 44.4 Å². The fourth-order valence-electron chi connectivity index (χ4n) is 3.17. The minimum atomic E-state index is -0.203. The number of rotatable bonds is 6. The molecule has 0 saturated heterocycles. The first-order valence-electron chi connectivity index (χ1n) is 9.07. The van der Waals surface area contributed by atoms with Gasteiger partial charge in [-0.15, -0.1) is 0 Å². The van der Waals surface area contributed by atoms with Crippen molar-refractivity contribution < 1.29 is 4.79 Å². The van der Waals surface area contributed by atoms with Crippen LogP contribution in [-0.4, -0.2) is 31.8 Å². The predicted molar refractivity (Wildman–Crippen MR) is 105 cm³/mol. The third kappa shape index (κ3) is 4.24. The van der Waals surface area contributed by atoms with Gasteiger partial charge in [-0.3, -0.25) is 18.8 Å². The van der Waals surface area contributed by atoms with Crippen molar-refractivity contribution in [2.45, 2.75) is 40.8 Å². The molecular formula is C20H25N5O2. The zero-order valence-electron chi connectivity index (χ0n) is 16.2. The second kappa shape index (κ2) is 7.73. The van der Waals surface area contributed by atoms with Gasteiger partial charge in [0, 0.05) is 18.8 Å². The van der Waals surface area contributed by atoms with Crippen LogP contribution in [0.25, 0.3) is 10.9 Å². The number of carbonyl (C=O) groups excluding carboxylic acids is 1. The van der Waals surface area contributed by atoms with E-state index in [1.54, 1.807) is 6.07 Å². The van der Waals surface area contributed by atoms with E-state index in [0.29, 0.717) is 17.4 Å². The predicted octanol–water partition coefficient (Wildman–Crippen LogP) is 1.97. The molecule has 142 valence electrons. The highest BCUT2D eigenvalue weighted by molar-refractivity contribution is 5.81. The van der Waals surface area contributed by atoms with E-state index in [0.717, 1.165) is 23.5 Å². The molecule has 0 aliphatic heterocycles. The molecule has 27 heavy (non-hydrogen) atoms. The first-order chi connectivity index (χ1) is 12.8. The standard InChI is InChI=1S/C20H25N5O2/c1-13(10-25-16(4)8-15(3)23-25)9-21-18(26)11-24-12-22-19-14(2)6-5-7-17(19)20(24)27/h5-8,12-13H,9-11H2,1-4H3,(H,21,26). The summed E-state index contributed by atoms with van der Waals surface area (Å²) < 4.78 is 3.30. The summed E-state index contributed by atoms with van der Waals surface area (Å²) in [6, 6.07) is 7.51. The molecule has 2 heterocycles. The molecule has 1 aromatic carbocycles. The maximum absolute atomic E-state index is 12.6. The lowest BCUT2D eigenvalue weighted by atomic mass is 10.1. The second-order valence-corrected chi connectivity index (χ2v) is 7.17. The van der Waals surface area contributed by atoms with E-state index in [4.69, 9.17) is 0 Å². The van der Waals surface area contributed by atoms with Crippen LogP contribution in [0.1, 0.15) is 23.9 Å². The summed E-state index contributed by atoms with van der Waals surface area (Å²) in [7, 11) is 0. The van der Waals surface area contributed by atoms with E-state index in [1.165, 1.54) is 10.9 Å². The third-order valence-corrected chi connectivity index (χ3v) is 4.60. The molecule has 0 aliphatic carbocycles. The van der Waals surface area contributed by atoms with Crippen molar-refractivity contribution in [2.75, 3.05) is 6.54 Å². The van der Waals surface area contributed by atoms with Crippen molar-refractivity contribution in [1.82, 2.24) is 24.6 Å². The van der Waals surface area contributed by atoms with Crippen LogP contribution >= 0.6 is 0 Å². The number of aromatic nitrogens is 4. The molecule has 0 radical (unpaired) electrons. The van der Waals surface area contributed by atoms with Crippen LogP contribution in [0.4, 0.5) is 0 Å². The van der Waals surface area contributed by atoms with E-state index in [1.807, 2.05) is 43.7 Å². The summed E-state index contributed by atoms with van der Waals surface area (Å²) in [4.78, 5) is 29.2. The van der Waals surface area contributed by atoms with Crippen molar-refractivity contribution in [3.8, 4) is 0 Å². The highest BCUT2D eigenvalue weighted by atomic mass is 16.2. The Bertz CT molecular complexity index is 1030. The number of fused-ring (bicyclic) bond motifs is 1. The number of nitrogens with one attached hydrogen (secondary N) is 1. The lowest BCUT2D eigenvalue weighted by Gasteiger charge is -2.14. The monoisotopic (exact) mass is 367 g/mol.